The zero-order valence-corrected chi connectivity index (χ0v) is 14.0. The van der Waals surface area contributed by atoms with Crippen LogP contribution in [0.3, 0.4) is 0 Å². The Morgan fingerprint density at radius 2 is 2.00 bits per heavy atom. The summed E-state index contributed by atoms with van der Waals surface area (Å²) >= 11 is 0. The fourth-order valence-electron chi connectivity index (χ4n) is 3.20. The predicted molar refractivity (Wildman–Crippen MR) is 88.8 cm³/mol. The van der Waals surface area contributed by atoms with Crippen LogP contribution >= 0.6 is 0 Å². The van der Waals surface area contributed by atoms with Crippen molar-refractivity contribution >= 4 is 5.91 Å². The first-order valence-electron chi connectivity index (χ1n) is 8.49. The summed E-state index contributed by atoms with van der Waals surface area (Å²) in [6, 6.07) is 7.86. The first-order chi connectivity index (χ1) is 11.1. The molecule has 3 rings (SSSR count). The van der Waals surface area contributed by atoms with Crippen molar-refractivity contribution in [3.8, 4) is 5.75 Å². The van der Waals surface area contributed by atoms with Gasteiger partial charge in [0, 0.05) is 38.3 Å². The lowest BCUT2D eigenvalue weighted by Gasteiger charge is -2.35. The number of ether oxygens (including phenoxy) is 2. The number of rotatable bonds is 5. The molecule has 1 aromatic carbocycles. The number of hydrogen-bond acceptors (Lipinski definition) is 4. The first kappa shape index (κ1) is 16.3. The summed E-state index contributed by atoms with van der Waals surface area (Å²) < 4.78 is 11.2. The average molecular weight is 318 g/mol. The van der Waals surface area contributed by atoms with E-state index in [-0.39, 0.29) is 17.9 Å². The SMILES string of the molecule is CC(C)OCCN1CCN(C(=O)[C@H]2COc3ccccc32)CC1. The fourth-order valence-corrected chi connectivity index (χ4v) is 3.20. The molecule has 0 radical (unpaired) electrons. The summed E-state index contributed by atoms with van der Waals surface area (Å²) in [7, 11) is 0. The van der Waals surface area contributed by atoms with E-state index in [4.69, 9.17) is 9.47 Å². The van der Waals surface area contributed by atoms with E-state index in [9.17, 15) is 4.79 Å². The van der Waals surface area contributed by atoms with Crippen LogP contribution < -0.4 is 4.74 Å². The van der Waals surface area contributed by atoms with Crippen molar-refractivity contribution in [3.63, 3.8) is 0 Å². The number of para-hydroxylation sites is 1. The maximum Gasteiger partial charge on any atom is 0.233 e. The normalized spacial score (nSPS) is 21.3. The van der Waals surface area contributed by atoms with Crippen LogP contribution in [-0.2, 0) is 9.53 Å². The number of carbonyl (C=O) groups is 1. The maximum absolute atomic E-state index is 12.8. The van der Waals surface area contributed by atoms with Crippen molar-refractivity contribution in [1.82, 2.24) is 9.80 Å². The number of benzene rings is 1. The van der Waals surface area contributed by atoms with Crippen LogP contribution in [0.4, 0.5) is 0 Å². The molecule has 0 aromatic heterocycles. The molecule has 2 aliphatic rings. The molecule has 0 aliphatic carbocycles. The number of fused-ring (bicyclic) bond motifs is 1. The summed E-state index contributed by atoms with van der Waals surface area (Å²) in [6.45, 7) is 9.70. The average Bonchev–Trinajstić information content (AvgIpc) is 2.98. The molecule has 1 saturated heterocycles. The Morgan fingerprint density at radius 3 is 2.74 bits per heavy atom. The molecule has 0 bridgehead atoms. The van der Waals surface area contributed by atoms with Crippen molar-refractivity contribution in [2.24, 2.45) is 0 Å². The van der Waals surface area contributed by atoms with Gasteiger partial charge in [-0.3, -0.25) is 9.69 Å². The predicted octanol–water partition coefficient (Wildman–Crippen LogP) is 1.73. The highest BCUT2D eigenvalue weighted by molar-refractivity contribution is 5.85. The molecular weight excluding hydrogens is 292 g/mol. The number of amides is 1. The molecule has 5 nitrogen and oxygen atoms in total. The molecule has 0 saturated carbocycles. The van der Waals surface area contributed by atoms with Gasteiger partial charge in [-0.1, -0.05) is 18.2 Å². The lowest BCUT2D eigenvalue weighted by atomic mass is 9.99. The topological polar surface area (TPSA) is 42.0 Å². The zero-order chi connectivity index (χ0) is 16.2. The highest BCUT2D eigenvalue weighted by atomic mass is 16.5. The third-order valence-electron chi connectivity index (χ3n) is 4.54. The van der Waals surface area contributed by atoms with Crippen LogP contribution in [0.1, 0.15) is 25.3 Å². The molecule has 0 N–H and O–H groups in total. The van der Waals surface area contributed by atoms with E-state index in [1.807, 2.05) is 29.2 Å². The molecule has 5 heteroatoms. The number of piperazine rings is 1. The Labute approximate surface area is 138 Å². The second kappa shape index (κ2) is 7.32. The summed E-state index contributed by atoms with van der Waals surface area (Å²) in [5.41, 5.74) is 1.03. The molecule has 2 heterocycles. The van der Waals surface area contributed by atoms with E-state index in [2.05, 4.69) is 18.7 Å². The number of nitrogens with zero attached hydrogens (tertiary/aromatic N) is 2. The Morgan fingerprint density at radius 1 is 1.26 bits per heavy atom. The minimum Gasteiger partial charge on any atom is -0.492 e. The summed E-state index contributed by atoms with van der Waals surface area (Å²) in [5.74, 6) is 0.922. The maximum atomic E-state index is 12.8. The zero-order valence-electron chi connectivity index (χ0n) is 14.0. The van der Waals surface area contributed by atoms with Gasteiger partial charge in [-0.2, -0.15) is 0 Å². The van der Waals surface area contributed by atoms with Gasteiger partial charge in [0.2, 0.25) is 5.91 Å². The van der Waals surface area contributed by atoms with Crippen molar-refractivity contribution in [3.05, 3.63) is 29.8 Å². The molecule has 126 valence electrons. The molecule has 0 unspecified atom stereocenters. The summed E-state index contributed by atoms with van der Waals surface area (Å²) in [5, 5.41) is 0. The monoisotopic (exact) mass is 318 g/mol. The van der Waals surface area contributed by atoms with Crippen molar-refractivity contribution in [1.29, 1.82) is 0 Å². The molecule has 23 heavy (non-hydrogen) atoms. The lowest BCUT2D eigenvalue weighted by molar-refractivity contribution is -0.134. The minimum absolute atomic E-state index is 0.137. The quantitative estimate of drug-likeness (QED) is 0.829. The van der Waals surface area contributed by atoms with Crippen LogP contribution in [0.25, 0.3) is 0 Å². The third-order valence-corrected chi connectivity index (χ3v) is 4.54. The van der Waals surface area contributed by atoms with Crippen LogP contribution in [0.5, 0.6) is 5.75 Å². The molecule has 1 amide bonds. The van der Waals surface area contributed by atoms with Crippen LogP contribution in [-0.4, -0.2) is 67.7 Å². The van der Waals surface area contributed by atoms with Crippen LogP contribution in [0.15, 0.2) is 24.3 Å². The van der Waals surface area contributed by atoms with Gasteiger partial charge < -0.3 is 14.4 Å². The number of carbonyl (C=O) groups excluding carboxylic acids is 1. The molecule has 1 aromatic rings. The molecule has 1 atom stereocenters. The Balaban J connectivity index is 1.49. The van der Waals surface area contributed by atoms with E-state index in [0.29, 0.717) is 6.61 Å². The molecular formula is C18H26N2O3. The molecule has 2 aliphatic heterocycles. The first-order valence-corrected chi connectivity index (χ1v) is 8.49. The van der Waals surface area contributed by atoms with Gasteiger partial charge in [0.15, 0.2) is 0 Å². The van der Waals surface area contributed by atoms with E-state index in [1.54, 1.807) is 0 Å². The van der Waals surface area contributed by atoms with E-state index in [0.717, 1.165) is 50.6 Å². The Hall–Kier alpha value is -1.59. The standard InChI is InChI=1S/C18H26N2O3/c1-14(2)22-12-11-19-7-9-20(10-8-19)18(21)16-13-23-17-6-4-3-5-15(16)17/h3-6,14,16H,7-13H2,1-2H3/t16-/m0/s1. The lowest BCUT2D eigenvalue weighted by Crippen LogP contribution is -2.50. The highest BCUT2D eigenvalue weighted by Gasteiger charge is 2.34. The van der Waals surface area contributed by atoms with E-state index < -0.39 is 0 Å². The second-order valence-electron chi connectivity index (χ2n) is 6.49. The molecule has 0 spiro atoms. The largest absolute Gasteiger partial charge is 0.492 e. The Kier molecular flexibility index (Phi) is 5.18. The van der Waals surface area contributed by atoms with E-state index >= 15 is 0 Å². The highest BCUT2D eigenvalue weighted by Crippen LogP contribution is 2.34. The fraction of sp³-hybridized carbons (Fsp3) is 0.611. The van der Waals surface area contributed by atoms with Crippen molar-refractivity contribution < 1.29 is 14.3 Å². The second-order valence-corrected chi connectivity index (χ2v) is 6.49. The third kappa shape index (κ3) is 3.85. The van der Waals surface area contributed by atoms with Gasteiger partial charge >= 0.3 is 0 Å². The Bertz CT molecular complexity index is 539. The summed E-state index contributed by atoms with van der Waals surface area (Å²) in [4.78, 5) is 17.1. The number of hydrogen-bond donors (Lipinski definition) is 0. The minimum atomic E-state index is -0.137. The van der Waals surface area contributed by atoms with Crippen molar-refractivity contribution in [2.45, 2.75) is 25.9 Å². The van der Waals surface area contributed by atoms with Crippen molar-refractivity contribution in [2.75, 3.05) is 45.9 Å². The van der Waals surface area contributed by atoms with E-state index in [1.165, 1.54) is 0 Å². The smallest absolute Gasteiger partial charge is 0.233 e. The van der Waals surface area contributed by atoms with Crippen LogP contribution in [0, 0.1) is 0 Å². The van der Waals surface area contributed by atoms with Gasteiger partial charge in [0.1, 0.15) is 18.3 Å². The summed E-state index contributed by atoms with van der Waals surface area (Å²) in [6.07, 6.45) is 0.278. The van der Waals surface area contributed by atoms with Gasteiger partial charge in [-0.25, -0.2) is 0 Å². The van der Waals surface area contributed by atoms with Gasteiger partial charge in [-0.15, -0.1) is 0 Å². The van der Waals surface area contributed by atoms with Crippen LogP contribution in [0.2, 0.25) is 0 Å². The van der Waals surface area contributed by atoms with Gasteiger partial charge in [0.25, 0.3) is 0 Å². The molecule has 1 fully saturated rings. The van der Waals surface area contributed by atoms with Gasteiger partial charge in [-0.05, 0) is 19.9 Å². The van der Waals surface area contributed by atoms with Gasteiger partial charge in [0.05, 0.1) is 12.7 Å².